The van der Waals surface area contributed by atoms with E-state index in [1.807, 2.05) is 12.1 Å². The number of hydrogen-bond acceptors (Lipinski definition) is 3. The predicted molar refractivity (Wildman–Crippen MR) is 71.6 cm³/mol. The Hall–Kier alpha value is -2.17. The minimum Gasteiger partial charge on any atom is -0.353 e. The van der Waals surface area contributed by atoms with Crippen molar-refractivity contribution in [3.05, 3.63) is 36.1 Å². The summed E-state index contributed by atoms with van der Waals surface area (Å²) in [6.45, 7) is 2.98. The molecule has 0 atom stereocenters. The number of amides is 1. The zero-order chi connectivity index (χ0) is 13.2. The number of rotatable bonds is 2. The highest BCUT2D eigenvalue weighted by molar-refractivity contribution is 5.80. The SMILES string of the molecule is O=CN1CCN(c2ccc3cc(F)ccc3n2)CC1. The van der Waals surface area contributed by atoms with Gasteiger partial charge in [-0.25, -0.2) is 9.37 Å². The predicted octanol–water partition coefficient (Wildman–Crippen LogP) is 1.65. The second-order valence-electron chi connectivity index (χ2n) is 4.63. The Morgan fingerprint density at radius 1 is 1.11 bits per heavy atom. The Labute approximate surface area is 110 Å². The van der Waals surface area contributed by atoms with Crippen LogP contribution >= 0.6 is 0 Å². The summed E-state index contributed by atoms with van der Waals surface area (Å²) < 4.78 is 13.1. The fraction of sp³-hybridized carbons (Fsp3) is 0.286. The van der Waals surface area contributed by atoms with Crippen LogP contribution in [0, 0.1) is 5.82 Å². The number of hydrogen-bond donors (Lipinski definition) is 0. The summed E-state index contributed by atoms with van der Waals surface area (Å²) in [6, 6.07) is 8.38. The van der Waals surface area contributed by atoms with Crippen molar-refractivity contribution in [2.24, 2.45) is 0 Å². The Morgan fingerprint density at radius 2 is 1.89 bits per heavy atom. The van der Waals surface area contributed by atoms with E-state index in [1.165, 1.54) is 12.1 Å². The molecule has 1 aliphatic rings. The third kappa shape index (κ3) is 2.36. The zero-order valence-electron chi connectivity index (χ0n) is 10.4. The van der Waals surface area contributed by atoms with E-state index < -0.39 is 0 Å². The van der Waals surface area contributed by atoms with Crippen molar-refractivity contribution in [1.82, 2.24) is 9.88 Å². The Kier molecular flexibility index (Phi) is 3.03. The first-order chi connectivity index (χ1) is 9.26. The van der Waals surface area contributed by atoms with Gasteiger partial charge in [-0.05, 0) is 30.3 Å². The molecule has 98 valence electrons. The summed E-state index contributed by atoms with van der Waals surface area (Å²) in [5.41, 5.74) is 0.789. The van der Waals surface area contributed by atoms with Crippen molar-refractivity contribution in [2.75, 3.05) is 31.1 Å². The molecule has 1 amide bonds. The van der Waals surface area contributed by atoms with Crippen LogP contribution in [-0.2, 0) is 4.79 Å². The van der Waals surface area contributed by atoms with Crippen molar-refractivity contribution in [3.8, 4) is 0 Å². The van der Waals surface area contributed by atoms with E-state index in [2.05, 4.69) is 9.88 Å². The van der Waals surface area contributed by atoms with Gasteiger partial charge in [-0.2, -0.15) is 0 Å². The molecule has 1 aromatic carbocycles. The van der Waals surface area contributed by atoms with Crippen molar-refractivity contribution >= 4 is 23.1 Å². The molecule has 1 fully saturated rings. The molecule has 0 aliphatic carbocycles. The van der Waals surface area contributed by atoms with Crippen LogP contribution in [0.4, 0.5) is 10.2 Å². The van der Waals surface area contributed by atoms with Crippen LogP contribution in [0.2, 0.25) is 0 Å². The van der Waals surface area contributed by atoms with Crippen molar-refractivity contribution < 1.29 is 9.18 Å². The topological polar surface area (TPSA) is 36.4 Å². The molecule has 2 heterocycles. The van der Waals surface area contributed by atoms with E-state index in [0.717, 1.165) is 36.2 Å². The first kappa shape index (κ1) is 11.9. The largest absolute Gasteiger partial charge is 0.353 e. The maximum atomic E-state index is 13.1. The number of halogens is 1. The number of aromatic nitrogens is 1. The Bertz CT molecular complexity index is 609. The maximum absolute atomic E-state index is 13.1. The van der Waals surface area contributed by atoms with Crippen molar-refractivity contribution in [2.45, 2.75) is 0 Å². The molecule has 4 nitrogen and oxygen atoms in total. The van der Waals surface area contributed by atoms with Crippen LogP contribution in [-0.4, -0.2) is 42.5 Å². The molecule has 5 heteroatoms. The van der Waals surface area contributed by atoms with Crippen LogP contribution in [0.1, 0.15) is 0 Å². The summed E-state index contributed by atoms with van der Waals surface area (Å²) in [6.07, 6.45) is 0.883. The van der Waals surface area contributed by atoms with Gasteiger partial charge in [0, 0.05) is 31.6 Å². The molecule has 2 aromatic rings. The highest BCUT2D eigenvalue weighted by Crippen LogP contribution is 2.19. The van der Waals surface area contributed by atoms with E-state index >= 15 is 0 Å². The molecule has 1 aromatic heterocycles. The van der Waals surface area contributed by atoms with Crippen molar-refractivity contribution in [3.63, 3.8) is 0 Å². The lowest BCUT2D eigenvalue weighted by atomic mass is 10.2. The standard InChI is InChI=1S/C14H14FN3O/c15-12-2-3-13-11(9-12)1-4-14(16-13)18-7-5-17(10-19)6-8-18/h1-4,9-10H,5-8H2. The van der Waals surface area contributed by atoms with Crippen molar-refractivity contribution in [1.29, 1.82) is 0 Å². The molecule has 0 saturated carbocycles. The fourth-order valence-electron chi connectivity index (χ4n) is 2.32. The first-order valence-electron chi connectivity index (χ1n) is 6.27. The number of piperazine rings is 1. The van der Waals surface area contributed by atoms with E-state index in [4.69, 9.17) is 0 Å². The summed E-state index contributed by atoms with van der Waals surface area (Å²) >= 11 is 0. The number of carbonyl (C=O) groups excluding carboxylic acids is 1. The minimum atomic E-state index is -0.248. The number of fused-ring (bicyclic) bond motifs is 1. The van der Waals surface area contributed by atoms with Gasteiger partial charge in [-0.15, -0.1) is 0 Å². The van der Waals surface area contributed by atoms with Gasteiger partial charge in [-0.1, -0.05) is 0 Å². The number of pyridine rings is 1. The summed E-state index contributed by atoms with van der Waals surface area (Å²) in [4.78, 5) is 19.1. The fourth-order valence-corrected chi connectivity index (χ4v) is 2.32. The highest BCUT2D eigenvalue weighted by atomic mass is 19.1. The molecular formula is C14H14FN3O. The van der Waals surface area contributed by atoms with E-state index in [0.29, 0.717) is 13.1 Å². The average Bonchev–Trinajstić information content (AvgIpc) is 2.47. The van der Waals surface area contributed by atoms with Crippen LogP contribution < -0.4 is 4.90 Å². The quantitative estimate of drug-likeness (QED) is 0.769. The van der Waals surface area contributed by atoms with Crippen LogP contribution in [0.3, 0.4) is 0 Å². The molecule has 19 heavy (non-hydrogen) atoms. The Balaban J connectivity index is 1.85. The molecule has 0 N–H and O–H groups in total. The monoisotopic (exact) mass is 259 g/mol. The van der Waals surface area contributed by atoms with E-state index in [1.54, 1.807) is 11.0 Å². The Morgan fingerprint density at radius 3 is 2.63 bits per heavy atom. The van der Waals surface area contributed by atoms with Gasteiger partial charge >= 0.3 is 0 Å². The maximum Gasteiger partial charge on any atom is 0.209 e. The summed E-state index contributed by atoms with van der Waals surface area (Å²) in [7, 11) is 0. The van der Waals surface area contributed by atoms with Gasteiger partial charge in [0.15, 0.2) is 0 Å². The summed E-state index contributed by atoms with van der Waals surface area (Å²) in [5.74, 6) is 0.631. The lowest BCUT2D eigenvalue weighted by molar-refractivity contribution is -0.118. The molecule has 0 radical (unpaired) electrons. The molecular weight excluding hydrogens is 245 g/mol. The molecule has 0 bridgehead atoms. The number of benzene rings is 1. The van der Waals surface area contributed by atoms with Gasteiger partial charge in [0.05, 0.1) is 5.52 Å². The second-order valence-corrected chi connectivity index (χ2v) is 4.63. The average molecular weight is 259 g/mol. The van der Waals surface area contributed by atoms with Crippen LogP contribution in [0.15, 0.2) is 30.3 Å². The first-order valence-corrected chi connectivity index (χ1v) is 6.27. The van der Waals surface area contributed by atoms with Gasteiger partial charge < -0.3 is 9.80 Å². The third-order valence-electron chi connectivity index (χ3n) is 3.42. The second kappa shape index (κ2) is 4.84. The van der Waals surface area contributed by atoms with Gasteiger partial charge in [0.1, 0.15) is 11.6 Å². The van der Waals surface area contributed by atoms with E-state index in [-0.39, 0.29) is 5.82 Å². The molecule has 1 aliphatic heterocycles. The minimum absolute atomic E-state index is 0.248. The number of nitrogens with zero attached hydrogens (tertiary/aromatic N) is 3. The van der Waals surface area contributed by atoms with E-state index in [9.17, 15) is 9.18 Å². The number of anilines is 1. The molecule has 0 unspecified atom stereocenters. The summed E-state index contributed by atoms with van der Waals surface area (Å²) in [5, 5.41) is 0.801. The normalized spacial score (nSPS) is 15.8. The van der Waals surface area contributed by atoms with Crippen LogP contribution in [0.5, 0.6) is 0 Å². The third-order valence-corrected chi connectivity index (χ3v) is 3.42. The van der Waals surface area contributed by atoms with Gasteiger partial charge in [0.2, 0.25) is 6.41 Å². The highest BCUT2D eigenvalue weighted by Gasteiger charge is 2.16. The molecule has 1 saturated heterocycles. The molecule has 0 spiro atoms. The van der Waals surface area contributed by atoms with Gasteiger partial charge in [0.25, 0.3) is 0 Å². The van der Waals surface area contributed by atoms with Gasteiger partial charge in [-0.3, -0.25) is 4.79 Å². The zero-order valence-corrected chi connectivity index (χ0v) is 10.4. The van der Waals surface area contributed by atoms with Crippen LogP contribution in [0.25, 0.3) is 10.9 Å². The smallest absolute Gasteiger partial charge is 0.209 e. The molecule has 3 rings (SSSR count). The lowest BCUT2D eigenvalue weighted by Crippen LogP contribution is -2.46. The lowest BCUT2D eigenvalue weighted by Gasteiger charge is -2.33. The number of carbonyl (C=O) groups is 1.